The molecule has 5 nitrogen and oxygen atoms in total. The van der Waals surface area contributed by atoms with Gasteiger partial charge in [0.1, 0.15) is 6.61 Å². The second-order valence-electron chi connectivity index (χ2n) is 4.91. The number of ketones is 1. The van der Waals surface area contributed by atoms with Crippen molar-refractivity contribution in [3.63, 3.8) is 0 Å². The Hall–Kier alpha value is -2.17. The van der Waals surface area contributed by atoms with E-state index < -0.39 is 17.9 Å². The number of benzene rings is 1. The summed E-state index contributed by atoms with van der Waals surface area (Å²) in [5.41, 5.74) is 0.852. The highest BCUT2D eigenvalue weighted by Gasteiger charge is 2.21. The van der Waals surface area contributed by atoms with E-state index >= 15 is 0 Å². The van der Waals surface area contributed by atoms with Gasteiger partial charge in [0.15, 0.2) is 6.29 Å². The minimum absolute atomic E-state index is 0.121. The molecule has 0 spiro atoms. The van der Waals surface area contributed by atoms with Crippen molar-refractivity contribution in [1.29, 1.82) is 0 Å². The number of aldehydes is 1. The molecule has 0 saturated carbocycles. The predicted molar refractivity (Wildman–Crippen MR) is 74.1 cm³/mol. The number of carbonyl (C=O) groups excluding carboxylic acids is 3. The lowest BCUT2D eigenvalue weighted by molar-refractivity contribution is -0.131. The quantitative estimate of drug-likeness (QED) is 0.612. The highest BCUT2D eigenvalue weighted by atomic mass is 16.5. The van der Waals surface area contributed by atoms with Gasteiger partial charge in [-0.05, 0) is 17.9 Å². The molecule has 0 aliphatic heterocycles. The average Bonchev–Trinajstić information content (AvgIpc) is 2.44. The monoisotopic (exact) mass is 277 g/mol. The molecule has 1 rings (SSSR count). The van der Waals surface area contributed by atoms with Gasteiger partial charge in [-0.3, -0.25) is 9.59 Å². The van der Waals surface area contributed by atoms with Crippen LogP contribution in [0.25, 0.3) is 0 Å². The number of alkyl carbamates (subject to hydrolysis) is 1. The zero-order chi connectivity index (χ0) is 15.0. The van der Waals surface area contributed by atoms with E-state index in [0.717, 1.165) is 5.56 Å². The van der Waals surface area contributed by atoms with Crippen LogP contribution in [0.1, 0.15) is 25.8 Å². The maximum Gasteiger partial charge on any atom is 0.408 e. The zero-order valence-corrected chi connectivity index (χ0v) is 11.7. The highest BCUT2D eigenvalue weighted by Crippen LogP contribution is 2.06. The van der Waals surface area contributed by atoms with E-state index in [9.17, 15) is 14.4 Å². The average molecular weight is 277 g/mol. The van der Waals surface area contributed by atoms with Crippen LogP contribution in [-0.2, 0) is 20.9 Å². The third kappa shape index (κ3) is 5.65. The second kappa shape index (κ2) is 8.09. The molecular formula is C15H19NO4. The first-order chi connectivity index (χ1) is 9.52. The fourth-order valence-corrected chi connectivity index (χ4v) is 1.71. The van der Waals surface area contributed by atoms with Crippen molar-refractivity contribution in [1.82, 2.24) is 5.32 Å². The van der Waals surface area contributed by atoms with E-state index in [1.165, 1.54) is 0 Å². The third-order valence-electron chi connectivity index (χ3n) is 2.67. The number of carbonyl (C=O) groups is 3. The SMILES string of the molecule is CC(C)C[C@H](NC(=O)OCc1ccccc1)C(=O)C=O. The van der Waals surface area contributed by atoms with Crippen molar-refractivity contribution >= 4 is 18.2 Å². The molecule has 1 aromatic carbocycles. The van der Waals surface area contributed by atoms with Gasteiger partial charge < -0.3 is 10.1 Å². The van der Waals surface area contributed by atoms with Crippen molar-refractivity contribution in [3.8, 4) is 0 Å². The van der Waals surface area contributed by atoms with Crippen LogP contribution in [-0.4, -0.2) is 24.2 Å². The molecule has 0 aromatic heterocycles. The minimum Gasteiger partial charge on any atom is -0.445 e. The molecule has 0 heterocycles. The molecule has 0 aliphatic carbocycles. The van der Waals surface area contributed by atoms with Crippen molar-refractivity contribution < 1.29 is 19.1 Å². The van der Waals surface area contributed by atoms with E-state index in [1.807, 2.05) is 44.2 Å². The summed E-state index contributed by atoms with van der Waals surface area (Å²) in [6.45, 7) is 3.93. The largest absolute Gasteiger partial charge is 0.445 e. The molecule has 0 radical (unpaired) electrons. The number of hydrogen-bond donors (Lipinski definition) is 1. The van der Waals surface area contributed by atoms with Gasteiger partial charge in [0.05, 0.1) is 6.04 Å². The Balaban J connectivity index is 2.49. The summed E-state index contributed by atoms with van der Waals surface area (Å²) in [4.78, 5) is 33.6. The summed E-state index contributed by atoms with van der Waals surface area (Å²) < 4.78 is 5.02. The predicted octanol–water partition coefficient (Wildman–Crippen LogP) is 2.10. The molecule has 0 saturated heterocycles. The molecule has 0 unspecified atom stereocenters. The van der Waals surface area contributed by atoms with Crippen molar-refractivity contribution in [2.45, 2.75) is 32.9 Å². The Labute approximate surface area is 118 Å². The van der Waals surface area contributed by atoms with Crippen LogP contribution in [0.15, 0.2) is 30.3 Å². The van der Waals surface area contributed by atoms with Gasteiger partial charge in [0.25, 0.3) is 0 Å². The van der Waals surface area contributed by atoms with Gasteiger partial charge in [-0.1, -0.05) is 44.2 Å². The standard InChI is InChI=1S/C15H19NO4/c1-11(2)8-13(14(18)9-17)16-15(19)20-10-12-6-4-3-5-7-12/h3-7,9,11,13H,8,10H2,1-2H3,(H,16,19)/t13-/m0/s1. The first-order valence-electron chi connectivity index (χ1n) is 6.49. The van der Waals surface area contributed by atoms with Gasteiger partial charge in [-0.2, -0.15) is 0 Å². The lowest BCUT2D eigenvalue weighted by Gasteiger charge is -2.17. The number of ether oxygens (including phenoxy) is 1. The summed E-state index contributed by atoms with van der Waals surface area (Å²) in [6, 6.07) is 8.38. The zero-order valence-electron chi connectivity index (χ0n) is 11.7. The summed E-state index contributed by atoms with van der Waals surface area (Å²) in [5.74, 6) is -0.464. The van der Waals surface area contributed by atoms with Gasteiger partial charge in [-0.15, -0.1) is 0 Å². The van der Waals surface area contributed by atoms with Crippen LogP contribution in [0.5, 0.6) is 0 Å². The molecule has 0 fully saturated rings. The van der Waals surface area contributed by atoms with Crippen molar-refractivity contribution in [2.24, 2.45) is 5.92 Å². The minimum atomic E-state index is -0.823. The molecule has 0 bridgehead atoms. The molecule has 1 amide bonds. The smallest absolute Gasteiger partial charge is 0.408 e. The van der Waals surface area contributed by atoms with E-state index in [2.05, 4.69) is 5.32 Å². The molecule has 1 N–H and O–H groups in total. The number of rotatable bonds is 7. The summed E-state index contributed by atoms with van der Waals surface area (Å²) in [6.07, 6.45) is -0.0718. The van der Waals surface area contributed by atoms with Crippen LogP contribution < -0.4 is 5.32 Å². The Morgan fingerprint density at radius 2 is 1.90 bits per heavy atom. The Bertz CT molecular complexity index is 456. The highest BCUT2D eigenvalue weighted by molar-refractivity contribution is 6.27. The second-order valence-corrected chi connectivity index (χ2v) is 4.91. The van der Waals surface area contributed by atoms with Crippen LogP contribution in [0.4, 0.5) is 4.79 Å². The van der Waals surface area contributed by atoms with E-state index in [4.69, 9.17) is 4.74 Å². The van der Waals surface area contributed by atoms with E-state index in [1.54, 1.807) is 0 Å². The Morgan fingerprint density at radius 1 is 1.25 bits per heavy atom. The molecule has 0 aliphatic rings. The summed E-state index contributed by atoms with van der Waals surface area (Å²) in [5, 5.41) is 2.43. The van der Waals surface area contributed by atoms with Gasteiger partial charge in [0, 0.05) is 0 Å². The molecule has 108 valence electrons. The lowest BCUT2D eigenvalue weighted by atomic mass is 10.0. The maximum atomic E-state index is 11.6. The molecule has 20 heavy (non-hydrogen) atoms. The Morgan fingerprint density at radius 3 is 2.45 bits per heavy atom. The van der Waals surface area contributed by atoms with Gasteiger partial charge >= 0.3 is 6.09 Å². The van der Waals surface area contributed by atoms with Gasteiger partial charge in [-0.25, -0.2) is 4.79 Å². The van der Waals surface area contributed by atoms with Gasteiger partial charge in [0.2, 0.25) is 5.78 Å². The first-order valence-corrected chi connectivity index (χ1v) is 6.49. The summed E-state index contributed by atoms with van der Waals surface area (Å²) >= 11 is 0. The molecule has 5 heteroatoms. The van der Waals surface area contributed by atoms with Crippen molar-refractivity contribution in [3.05, 3.63) is 35.9 Å². The third-order valence-corrected chi connectivity index (χ3v) is 2.67. The van der Waals surface area contributed by atoms with Crippen LogP contribution in [0.3, 0.4) is 0 Å². The lowest BCUT2D eigenvalue weighted by Crippen LogP contribution is -2.42. The van der Waals surface area contributed by atoms with E-state index in [0.29, 0.717) is 6.42 Å². The molecule has 1 atom stereocenters. The van der Waals surface area contributed by atoms with Crippen molar-refractivity contribution in [2.75, 3.05) is 0 Å². The number of hydrogen-bond acceptors (Lipinski definition) is 4. The normalized spacial score (nSPS) is 11.8. The first kappa shape index (κ1) is 15.9. The number of Topliss-reactive ketones (excluding diaryl/α,β-unsaturated/α-hetero) is 1. The van der Waals surface area contributed by atoms with Crippen LogP contribution in [0, 0.1) is 5.92 Å². The van der Waals surface area contributed by atoms with E-state index in [-0.39, 0.29) is 18.8 Å². The number of amides is 1. The summed E-state index contributed by atoms with van der Waals surface area (Å²) in [7, 11) is 0. The fraction of sp³-hybridized carbons (Fsp3) is 0.400. The van der Waals surface area contributed by atoms with Crippen LogP contribution in [0.2, 0.25) is 0 Å². The topological polar surface area (TPSA) is 72.5 Å². The Kier molecular flexibility index (Phi) is 6.43. The number of nitrogens with one attached hydrogen (secondary N) is 1. The molecular weight excluding hydrogens is 258 g/mol. The fourth-order valence-electron chi connectivity index (χ4n) is 1.71. The van der Waals surface area contributed by atoms with Crippen LogP contribution >= 0.6 is 0 Å². The molecule has 1 aromatic rings. The maximum absolute atomic E-state index is 11.6.